The monoisotopic (exact) mass is 245 g/mol. The fraction of sp³-hybridized carbons (Fsp3) is 0.600. The first-order valence-corrected chi connectivity index (χ1v) is 4.95. The molecule has 0 aliphatic carbocycles. The van der Waals surface area contributed by atoms with E-state index in [0.29, 0.717) is 0 Å². The number of carbonyl (C=O) groups excluding carboxylic acids is 2. The number of esters is 2. The Morgan fingerprint density at radius 2 is 1.94 bits per heavy atom. The van der Waals surface area contributed by atoms with E-state index >= 15 is 0 Å². The number of ether oxygens (including phenoxy) is 2. The predicted molar refractivity (Wildman–Crippen MR) is 57.8 cm³/mol. The van der Waals surface area contributed by atoms with Gasteiger partial charge < -0.3 is 9.47 Å². The lowest BCUT2D eigenvalue weighted by Gasteiger charge is -2.17. The lowest BCUT2D eigenvalue weighted by Crippen LogP contribution is -2.39. The number of carbonyl (C=O) groups is 2. The minimum absolute atomic E-state index is 0.440. The highest BCUT2D eigenvalue weighted by atomic mass is 16.6. The molecule has 0 heterocycles. The van der Waals surface area contributed by atoms with E-state index in [1.165, 1.54) is 12.2 Å². The minimum Gasteiger partial charge on any atom is -0.458 e. The maximum Gasteiger partial charge on any atom is 0.303 e. The molecular formula is C10H15NO6. The van der Waals surface area contributed by atoms with Crippen LogP contribution in [0.1, 0.15) is 20.8 Å². The van der Waals surface area contributed by atoms with E-state index < -0.39 is 35.6 Å². The summed E-state index contributed by atoms with van der Waals surface area (Å²) < 4.78 is 9.36. The second kappa shape index (κ2) is 7.37. The molecule has 7 heteroatoms. The lowest BCUT2D eigenvalue weighted by atomic mass is 10.1. The second-order valence-corrected chi connectivity index (χ2v) is 3.26. The van der Waals surface area contributed by atoms with Crippen molar-refractivity contribution < 1.29 is 24.0 Å². The standard InChI is InChI=1S/C10H15NO6/c1-4-5-10(17-8(3)13)9(11(14)15)6-16-7(2)12/h4-5,9-10H,6H2,1-3H3. The van der Waals surface area contributed by atoms with Crippen LogP contribution in [-0.2, 0) is 19.1 Å². The molecule has 0 aromatic heterocycles. The highest BCUT2D eigenvalue weighted by Crippen LogP contribution is 2.07. The minimum atomic E-state index is -1.31. The van der Waals surface area contributed by atoms with Gasteiger partial charge in [-0.2, -0.15) is 0 Å². The van der Waals surface area contributed by atoms with Crippen molar-refractivity contribution in [1.29, 1.82) is 0 Å². The third-order valence-corrected chi connectivity index (χ3v) is 1.79. The summed E-state index contributed by atoms with van der Waals surface area (Å²) in [6, 6.07) is -1.31. The molecule has 96 valence electrons. The molecule has 2 atom stereocenters. The third-order valence-electron chi connectivity index (χ3n) is 1.79. The van der Waals surface area contributed by atoms with E-state index in [4.69, 9.17) is 4.74 Å². The van der Waals surface area contributed by atoms with Crippen molar-refractivity contribution in [3.63, 3.8) is 0 Å². The molecule has 0 saturated carbocycles. The largest absolute Gasteiger partial charge is 0.458 e. The van der Waals surface area contributed by atoms with Crippen molar-refractivity contribution in [2.45, 2.75) is 32.9 Å². The Bertz CT molecular complexity index is 325. The summed E-state index contributed by atoms with van der Waals surface area (Å²) in [6.45, 7) is 3.50. The van der Waals surface area contributed by atoms with Crippen LogP contribution in [0.15, 0.2) is 12.2 Å². The fourth-order valence-electron chi connectivity index (χ4n) is 1.11. The summed E-state index contributed by atoms with van der Waals surface area (Å²) in [7, 11) is 0. The molecule has 0 bridgehead atoms. The summed E-state index contributed by atoms with van der Waals surface area (Å²) in [5.74, 6) is -1.26. The first kappa shape index (κ1) is 15.1. The van der Waals surface area contributed by atoms with Gasteiger partial charge >= 0.3 is 11.9 Å². The fourth-order valence-corrected chi connectivity index (χ4v) is 1.11. The van der Waals surface area contributed by atoms with Crippen molar-refractivity contribution in [3.8, 4) is 0 Å². The van der Waals surface area contributed by atoms with Crippen LogP contribution >= 0.6 is 0 Å². The first-order chi connectivity index (χ1) is 7.88. The average Bonchev–Trinajstić information content (AvgIpc) is 2.16. The number of hydrogen-bond donors (Lipinski definition) is 0. The molecule has 0 saturated heterocycles. The normalized spacial score (nSPS) is 14.1. The van der Waals surface area contributed by atoms with Crippen LogP contribution < -0.4 is 0 Å². The Kier molecular flexibility index (Phi) is 6.54. The second-order valence-electron chi connectivity index (χ2n) is 3.26. The van der Waals surface area contributed by atoms with Gasteiger partial charge in [-0.15, -0.1) is 0 Å². The molecule has 7 nitrogen and oxygen atoms in total. The van der Waals surface area contributed by atoms with Crippen LogP contribution in [0.25, 0.3) is 0 Å². The van der Waals surface area contributed by atoms with Crippen molar-refractivity contribution >= 4 is 11.9 Å². The smallest absolute Gasteiger partial charge is 0.303 e. The Hall–Kier alpha value is -1.92. The molecule has 0 rings (SSSR count). The van der Waals surface area contributed by atoms with Crippen molar-refractivity contribution in [2.75, 3.05) is 6.61 Å². The Morgan fingerprint density at radius 3 is 2.29 bits per heavy atom. The van der Waals surface area contributed by atoms with Gasteiger partial charge in [-0.05, 0) is 13.0 Å². The topological polar surface area (TPSA) is 95.7 Å². The quantitative estimate of drug-likeness (QED) is 0.296. The number of hydrogen-bond acceptors (Lipinski definition) is 6. The molecule has 0 aromatic carbocycles. The average molecular weight is 245 g/mol. The van der Waals surface area contributed by atoms with Crippen molar-refractivity contribution in [3.05, 3.63) is 22.3 Å². The SMILES string of the molecule is CC=CC(OC(C)=O)C(COC(C)=O)[N+](=O)[O-]. The molecule has 0 amide bonds. The van der Waals surface area contributed by atoms with Gasteiger partial charge in [0.15, 0.2) is 12.7 Å². The Morgan fingerprint density at radius 1 is 1.35 bits per heavy atom. The summed E-state index contributed by atoms with van der Waals surface area (Å²) >= 11 is 0. The van der Waals surface area contributed by atoms with Gasteiger partial charge in [-0.25, -0.2) is 0 Å². The molecule has 0 aliphatic heterocycles. The maximum absolute atomic E-state index is 10.8. The molecule has 17 heavy (non-hydrogen) atoms. The molecule has 0 aromatic rings. The number of rotatable bonds is 6. The van der Waals surface area contributed by atoms with Crippen molar-refractivity contribution in [2.24, 2.45) is 0 Å². The molecule has 0 aliphatic rings. The highest BCUT2D eigenvalue weighted by molar-refractivity contribution is 5.66. The van der Waals surface area contributed by atoms with Crippen molar-refractivity contribution in [1.82, 2.24) is 0 Å². The number of allylic oxidation sites excluding steroid dienone is 1. The van der Waals surface area contributed by atoms with E-state index in [1.54, 1.807) is 6.92 Å². The van der Waals surface area contributed by atoms with Crippen LogP contribution in [0.4, 0.5) is 0 Å². The van der Waals surface area contributed by atoms with Gasteiger partial charge in [0.05, 0.1) is 0 Å². The summed E-state index contributed by atoms with van der Waals surface area (Å²) in [5.41, 5.74) is 0. The molecule has 2 unspecified atom stereocenters. The van der Waals surface area contributed by atoms with E-state index in [0.717, 1.165) is 13.8 Å². The predicted octanol–water partition coefficient (Wildman–Crippen LogP) is 0.703. The summed E-state index contributed by atoms with van der Waals surface area (Å²) in [6.07, 6.45) is 1.85. The zero-order valence-corrected chi connectivity index (χ0v) is 9.91. The van der Waals surface area contributed by atoms with Gasteiger partial charge in [-0.3, -0.25) is 19.7 Å². The van der Waals surface area contributed by atoms with Gasteiger partial charge in [0.25, 0.3) is 6.04 Å². The molecule has 0 N–H and O–H groups in total. The zero-order valence-electron chi connectivity index (χ0n) is 9.91. The third kappa shape index (κ3) is 6.29. The Balaban J connectivity index is 4.75. The van der Waals surface area contributed by atoms with Crippen LogP contribution in [0.3, 0.4) is 0 Å². The van der Waals surface area contributed by atoms with Gasteiger partial charge in [0.2, 0.25) is 0 Å². The van der Waals surface area contributed by atoms with Gasteiger partial charge in [0.1, 0.15) is 0 Å². The molecule has 0 radical (unpaired) electrons. The molecular weight excluding hydrogens is 230 g/mol. The summed E-state index contributed by atoms with van der Waals surface area (Å²) in [4.78, 5) is 31.6. The number of nitrogens with zero attached hydrogens (tertiary/aromatic N) is 1. The maximum atomic E-state index is 10.8. The van der Waals surface area contributed by atoms with Gasteiger partial charge in [0, 0.05) is 18.8 Å². The zero-order chi connectivity index (χ0) is 13.4. The van der Waals surface area contributed by atoms with Crippen LogP contribution in [0.2, 0.25) is 0 Å². The highest BCUT2D eigenvalue weighted by Gasteiger charge is 2.33. The molecule has 0 fully saturated rings. The first-order valence-electron chi connectivity index (χ1n) is 4.95. The van der Waals surface area contributed by atoms with Crippen LogP contribution in [-0.4, -0.2) is 35.6 Å². The van der Waals surface area contributed by atoms with E-state index in [1.807, 2.05) is 0 Å². The van der Waals surface area contributed by atoms with Gasteiger partial charge in [-0.1, -0.05) is 6.08 Å². The van der Waals surface area contributed by atoms with E-state index in [-0.39, 0.29) is 0 Å². The lowest BCUT2D eigenvalue weighted by molar-refractivity contribution is -0.534. The van der Waals surface area contributed by atoms with Crippen LogP contribution in [0.5, 0.6) is 0 Å². The van der Waals surface area contributed by atoms with E-state index in [2.05, 4.69) is 4.74 Å². The molecule has 0 spiro atoms. The Labute approximate surface area is 98.5 Å². The van der Waals surface area contributed by atoms with E-state index in [9.17, 15) is 19.7 Å². The summed E-state index contributed by atoms with van der Waals surface area (Å²) in [5, 5.41) is 10.8. The number of nitro groups is 1. The van der Waals surface area contributed by atoms with Crippen LogP contribution in [0, 0.1) is 10.1 Å².